The molecule has 4 heteroatoms. The van der Waals surface area contributed by atoms with Gasteiger partial charge in [0.25, 0.3) is 0 Å². The first-order valence-electron chi connectivity index (χ1n) is 7.79. The summed E-state index contributed by atoms with van der Waals surface area (Å²) in [6, 6.07) is 7.49. The van der Waals surface area contributed by atoms with Crippen molar-refractivity contribution in [3.8, 4) is 0 Å². The highest BCUT2D eigenvalue weighted by Gasteiger charge is 2.06. The molecule has 0 saturated carbocycles. The van der Waals surface area contributed by atoms with E-state index in [9.17, 15) is 4.79 Å². The minimum atomic E-state index is -0.236. The number of nitrogens with zero attached hydrogens (tertiary/aromatic N) is 1. The van der Waals surface area contributed by atoms with Crippen LogP contribution in [0.2, 0.25) is 0 Å². The van der Waals surface area contributed by atoms with E-state index in [2.05, 4.69) is 17.1 Å². The first-order valence-corrected chi connectivity index (χ1v) is 7.79. The molecule has 0 spiro atoms. The maximum atomic E-state index is 11.9. The molecule has 4 nitrogen and oxygen atoms in total. The number of unbranched alkanes of at least 4 members (excludes halogenated alkanes) is 2. The van der Waals surface area contributed by atoms with Crippen LogP contribution in [0.1, 0.15) is 43.0 Å². The fourth-order valence-electron chi connectivity index (χ4n) is 1.91. The summed E-state index contributed by atoms with van der Waals surface area (Å²) in [6.07, 6.45) is 4.27. The van der Waals surface area contributed by atoms with E-state index in [0.717, 1.165) is 38.0 Å². The number of hydrogen-bond acceptors (Lipinski definition) is 4. The summed E-state index contributed by atoms with van der Waals surface area (Å²) >= 11 is 0. The summed E-state index contributed by atoms with van der Waals surface area (Å²) in [5, 5.41) is 3.33. The van der Waals surface area contributed by atoms with Crippen molar-refractivity contribution in [1.82, 2.24) is 4.90 Å². The molecule has 21 heavy (non-hydrogen) atoms. The highest BCUT2D eigenvalue weighted by molar-refractivity contribution is 5.89. The van der Waals surface area contributed by atoms with E-state index in [1.165, 1.54) is 6.42 Å². The number of ether oxygens (including phenoxy) is 1. The molecule has 0 unspecified atom stereocenters. The molecule has 1 aromatic carbocycles. The number of anilines is 1. The van der Waals surface area contributed by atoms with Crippen LogP contribution in [0.3, 0.4) is 0 Å². The van der Waals surface area contributed by atoms with Crippen LogP contribution in [-0.4, -0.2) is 44.7 Å². The van der Waals surface area contributed by atoms with Gasteiger partial charge >= 0.3 is 5.97 Å². The molecule has 1 N–H and O–H groups in total. The quantitative estimate of drug-likeness (QED) is 0.530. The number of hydrogen-bond donors (Lipinski definition) is 1. The largest absolute Gasteiger partial charge is 0.462 e. The zero-order chi connectivity index (χ0) is 15.5. The average molecular weight is 292 g/mol. The van der Waals surface area contributed by atoms with Crippen LogP contribution in [0.4, 0.5) is 5.69 Å². The highest BCUT2D eigenvalue weighted by atomic mass is 16.5. The highest BCUT2D eigenvalue weighted by Crippen LogP contribution is 2.11. The average Bonchev–Trinajstić information content (AvgIpc) is 2.47. The maximum Gasteiger partial charge on any atom is 0.338 e. The van der Waals surface area contributed by atoms with Gasteiger partial charge in [-0.3, -0.25) is 0 Å². The van der Waals surface area contributed by atoms with E-state index in [4.69, 9.17) is 4.74 Å². The van der Waals surface area contributed by atoms with Crippen LogP contribution in [0, 0.1) is 0 Å². The molecule has 0 aliphatic heterocycles. The van der Waals surface area contributed by atoms with E-state index < -0.39 is 0 Å². The van der Waals surface area contributed by atoms with Gasteiger partial charge in [-0.05, 0) is 64.2 Å². The Balaban J connectivity index is 2.27. The molecule has 0 fully saturated rings. The third-order valence-electron chi connectivity index (χ3n) is 3.21. The van der Waals surface area contributed by atoms with Gasteiger partial charge in [-0.15, -0.1) is 0 Å². The van der Waals surface area contributed by atoms with Gasteiger partial charge in [0.15, 0.2) is 0 Å². The summed E-state index contributed by atoms with van der Waals surface area (Å²) in [7, 11) is 4.09. The van der Waals surface area contributed by atoms with Crippen LogP contribution in [-0.2, 0) is 4.74 Å². The van der Waals surface area contributed by atoms with E-state index in [0.29, 0.717) is 12.2 Å². The molecule has 0 heterocycles. The lowest BCUT2D eigenvalue weighted by atomic mass is 10.2. The topological polar surface area (TPSA) is 41.6 Å². The van der Waals surface area contributed by atoms with Crippen molar-refractivity contribution in [2.45, 2.75) is 32.6 Å². The van der Waals surface area contributed by atoms with Crippen LogP contribution < -0.4 is 5.32 Å². The number of carbonyl (C=O) groups is 1. The maximum absolute atomic E-state index is 11.9. The van der Waals surface area contributed by atoms with Gasteiger partial charge < -0.3 is 15.0 Å². The number of nitrogens with one attached hydrogen (secondary N) is 1. The predicted octanol–water partition coefficient (Wildman–Crippen LogP) is 3.40. The molecule has 0 aliphatic carbocycles. The first-order chi connectivity index (χ1) is 10.1. The van der Waals surface area contributed by atoms with Gasteiger partial charge in [0.1, 0.15) is 0 Å². The lowest BCUT2D eigenvalue weighted by Gasteiger charge is -2.09. The SMILES string of the molecule is CCCCNc1ccc(C(=O)OCCCCN(C)C)cc1. The van der Waals surface area contributed by atoms with Gasteiger partial charge in [0.2, 0.25) is 0 Å². The van der Waals surface area contributed by atoms with Crippen LogP contribution >= 0.6 is 0 Å². The van der Waals surface area contributed by atoms with Crippen molar-refractivity contribution in [3.63, 3.8) is 0 Å². The Kier molecular flexibility index (Phi) is 8.51. The van der Waals surface area contributed by atoms with Crippen molar-refractivity contribution in [2.24, 2.45) is 0 Å². The molecule has 0 radical (unpaired) electrons. The Morgan fingerprint density at radius 1 is 1.14 bits per heavy atom. The molecular formula is C17H28N2O2. The molecule has 0 amide bonds. The van der Waals surface area contributed by atoms with Crippen molar-refractivity contribution in [3.05, 3.63) is 29.8 Å². The third-order valence-corrected chi connectivity index (χ3v) is 3.21. The molecule has 118 valence electrons. The Labute approximate surface area is 128 Å². The molecular weight excluding hydrogens is 264 g/mol. The van der Waals surface area contributed by atoms with E-state index in [1.54, 1.807) is 0 Å². The normalized spacial score (nSPS) is 10.7. The standard InChI is InChI=1S/C17H28N2O2/c1-4-5-12-18-16-10-8-15(9-11-16)17(20)21-14-7-6-13-19(2)3/h8-11,18H,4-7,12-14H2,1-3H3. The van der Waals surface area contributed by atoms with Crippen molar-refractivity contribution in [2.75, 3.05) is 39.1 Å². The Bertz CT molecular complexity index is 402. The predicted molar refractivity (Wildman–Crippen MR) is 87.9 cm³/mol. The van der Waals surface area contributed by atoms with Crippen molar-refractivity contribution in [1.29, 1.82) is 0 Å². The van der Waals surface area contributed by atoms with Gasteiger partial charge in [0.05, 0.1) is 12.2 Å². The summed E-state index contributed by atoms with van der Waals surface area (Å²) in [5.41, 5.74) is 1.66. The fourth-order valence-corrected chi connectivity index (χ4v) is 1.91. The molecule has 0 bridgehead atoms. The molecule has 0 atom stereocenters. The molecule has 1 rings (SSSR count). The monoisotopic (exact) mass is 292 g/mol. The second kappa shape index (κ2) is 10.2. The molecule has 0 aliphatic rings. The van der Waals surface area contributed by atoms with Gasteiger partial charge in [-0.1, -0.05) is 13.3 Å². The summed E-state index contributed by atoms with van der Waals surface area (Å²) in [6.45, 7) is 4.64. The van der Waals surface area contributed by atoms with Crippen LogP contribution in [0.5, 0.6) is 0 Å². The zero-order valence-corrected chi connectivity index (χ0v) is 13.5. The number of carbonyl (C=O) groups excluding carboxylic acids is 1. The van der Waals surface area contributed by atoms with E-state index in [1.807, 2.05) is 38.4 Å². The van der Waals surface area contributed by atoms with Gasteiger partial charge in [-0.2, -0.15) is 0 Å². The number of esters is 1. The van der Waals surface area contributed by atoms with Crippen molar-refractivity contribution < 1.29 is 9.53 Å². The smallest absolute Gasteiger partial charge is 0.338 e. The molecule has 1 aromatic rings. The Hall–Kier alpha value is -1.55. The summed E-state index contributed by atoms with van der Waals surface area (Å²) < 4.78 is 5.27. The fraction of sp³-hybridized carbons (Fsp3) is 0.588. The second-order valence-electron chi connectivity index (χ2n) is 5.50. The summed E-state index contributed by atoms with van der Waals surface area (Å²) in [5.74, 6) is -0.236. The van der Waals surface area contributed by atoms with Gasteiger partial charge in [0, 0.05) is 12.2 Å². The third kappa shape index (κ3) is 7.71. The summed E-state index contributed by atoms with van der Waals surface area (Å²) in [4.78, 5) is 14.0. The Morgan fingerprint density at radius 3 is 2.48 bits per heavy atom. The number of benzene rings is 1. The minimum Gasteiger partial charge on any atom is -0.462 e. The van der Waals surface area contributed by atoms with Gasteiger partial charge in [-0.25, -0.2) is 4.79 Å². The first kappa shape index (κ1) is 17.5. The Morgan fingerprint density at radius 2 is 1.86 bits per heavy atom. The molecule has 0 saturated heterocycles. The van der Waals surface area contributed by atoms with Crippen LogP contribution in [0.15, 0.2) is 24.3 Å². The lowest BCUT2D eigenvalue weighted by molar-refractivity contribution is 0.0496. The van der Waals surface area contributed by atoms with E-state index in [-0.39, 0.29) is 5.97 Å². The lowest BCUT2D eigenvalue weighted by Crippen LogP contribution is -2.14. The minimum absolute atomic E-state index is 0.236. The second-order valence-corrected chi connectivity index (χ2v) is 5.50. The van der Waals surface area contributed by atoms with E-state index >= 15 is 0 Å². The van der Waals surface area contributed by atoms with Crippen LogP contribution in [0.25, 0.3) is 0 Å². The number of rotatable bonds is 10. The zero-order valence-electron chi connectivity index (χ0n) is 13.5. The van der Waals surface area contributed by atoms with Crippen molar-refractivity contribution >= 4 is 11.7 Å². The molecule has 0 aromatic heterocycles.